The van der Waals surface area contributed by atoms with Gasteiger partial charge in [0.2, 0.25) is 0 Å². The highest BCUT2D eigenvalue weighted by Gasteiger charge is 2.16. The molecule has 0 atom stereocenters. The van der Waals surface area contributed by atoms with Gasteiger partial charge in [0.05, 0.1) is 10.6 Å². The third-order valence-electron chi connectivity index (χ3n) is 3.02. The van der Waals surface area contributed by atoms with Crippen molar-refractivity contribution in [2.75, 3.05) is 4.72 Å². The van der Waals surface area contributed by atoms with E-state index in [-0.39, 0.29) is 4.90 Å². The predicted octanol–water partition coefficient (Wildman–Crippen LogP) is 4.18. The summed E-state index contributed by atoms with van der Waals surface area (Å²) in [6, 6.07) is 10.6. The van der Waals surface area contributed by atoms with Gasteiger partial charge in [-0.15, -0.1) is 0 Å². The van der Waals surface area contributed by atoms with Crippen LogP contribution in [0.4, 0.5) is 5.69 Å². The van der Waals surface area contributed by atoms with E-state index in [4.69, 9.17) is 0 Å². The molecule has 3 nitrogen and oxygen atoms in total. The molecular weight excluding hydrogens is 338 g/mol. The maximum Gasteiger partial charge on any atom is 0.261 e. The number of hydrogen-bond donors (Lipinski definition) is 1. The van der Waals surface area contributed by atoms with Crippen molar-refractivity contribution < 1.29 is 8.42 Å². The quantitative estimate of drug-likeness (QED) is 0.899. The van der Waals surface area contributed by atoms with Gasteiger partial charge >= 0.3 is 0 Å². The van der Waals surface area contributed by atoms with Crippen molar-refractivity contribution in [3.05, 3.63) is 57.6 Å². The molecule has 20 heavy (non-hydrogen) atoms. The SMILES string of the molecule is Cc1cc(C)c(NS(=O)(=O)c2cccc(Br)c2)c(C)c1. The molecule has 0 heterocycles. The van der Waals surface area contributed by atoms with Crippen molar-refractivity contribution >= 4 is 31.6 Å². The lowest BCUT2D eigenvalue weighted by atomic mass is 10.1. The zero-order valence-electron chi connectivity index (χ0n) is 11.6. The number of sulfonamides is 1. The Morgan fingerprint density at radius 1 is 1.00 bits per heavy atom. The van der Waals surface area contributed by atoms with Gasteiger partial charge in [-0.1, -0.05) is 39.7 Å². The number of hydrogen-bond acceptors (Lipinski definition) is 2. The van der Waals surface area contributed by atoms with E-state index in [0.29, 0.717) is 5.69 Å². The van der Waals surface area contributed by atoms with Crippen LogP contribution in [-0.2, 0) is 10.0 Å². The average molecular weight is 354 g/mol. The van der Waals surface area contributed by atoms with Gasteiger partial charge in [-0.05, 0) is 50.1 Å². The Kier molecular flexibility index (Phi) is 4.20. The molecule has 106 valence electrons. The first-order valence-electron chi connectivity index (χ1n) is 6.16. The maximum absolute atomic E-state index is 12.4. The highest BCUT2D eigenvalue weighted by atomic mass is 79.9. The second-order valence-corrected chi connectivity index (χ2v) is 7.43. The summed E-state index contributed by atoms with van der Waals surface area (Å²) >= 11 is 3.29. The largest absolute Gasteiger partial charge is 0.279 e. The van der Waals surface area contributed by atoms with E-state index in [1.807, 2.05) is 32.9 Å². The molecular formula is C15H16BrNO2S. The lowest BCUT2D eigenvalue weighted by Gasteiger charge is -2.14. The molecule has 0 amide bonds. The highest BCUT2D eigenvalue weighted by molar-refractivity contribution is 9.10. The zero-order valence-corrected chi connectivity index (χ0v) is 14.0. The molecule has 0 fully saturated rings. The van der Waals surface area contributed by atoms with Crippen molar-refractivity contribution in [2.24, 2.45) is 0 Å². The Morgan fingerprint density at radius 2 is 1.60 bits per heavy atom. The lowest BCUT2D eigenvalue weighted by Crippen LogP contribution is -2.14. The molecule has 0 unspecified atom stereocenters. The fourth-order valence-electron chi connectivity index (χ4n) is 2.17. The summed E-state index contributed by atoms with van der Waals surface area (Å²) in [6.07, 6.45) is 0. The van der Waals surface area contributed by atoms with Crippen molar-refractivity contribution in [3.8, 4) is 0 Å². The normalized spacial score (nSPS) is 11.4. The van der Waals surface area contributed by atoms with Crippen LogP contribution < -0.4 is 4.72 Å². The Balaban J connectivity index is 2.44. The van der Waals surface area contributed by atoms with E-state index in [0.717, 1.165) is 21.2 Å². The summed E-state index contributed by atoms with van der Waals surface area (Å²) in [4.78, 5) is 0.242. The van der Waals surface area contributed by atoms with Gasteiger partial charge in [-0.25, -0.2) is 8.42 Å². The molecule has 0 radical (unpaired) electrons. The minimum atomic E-state index is -3.57. The maximum atomic E-state index is 12.4. The van der Waals surface area contributed by atoms with Gasteiger partial charge in [0.1, 0.15) is 0 Å². The number of rotatable bonds is 3. The smallest absolute Gasteiger partial charge is 0.261 e. The first kappa shape index (κ1) is 15.1. The number of aryl methyl sites for hydroxylation is 3. The van der Waals surface area contributed by atoms with Gasteiger partial charge in [0.15, 0.2) is 0 Å². The molecule has 2 rings (SSSR count). The van der Waals surface area contributed by atoms with Crippen LogP contribution in [0.2, 0.25) is 0 Å². The number of nitrogens with one attached hydrogen (secondary N) is 1. The van der Waals surface area contributed by atoms with Crippen LogP contribution in [0.5, 0.6) is 0 Å². The van der Waals surface area contributed by atoms with E-state index >= 15 is 0 Å². The second-order valence-electron chi connectivity index (χ2n) is 4.84. The summed E-state index contributed by atoms with van der Waals surface area (Å²) in [5.74, 6) is 0. The third-order valence-corrected chi connectivity index (χ3v) is 4.86. The minimum absolute atomic E-state index is 0.242. The Bertz CT molecular complexity index is 731. The van der Waals surface area contributed by atoms with Crippen LogP contribution in [0.15, 0.2) is 45.8 Å². The molecule has 5 heteroatoms. The topological polar surface area (TPSA) is 46.2 Å². The van der Waals surface area contributed by atoms with Crippen LogP contribution in [-0.4, -0.2) is 8.42 Å². The Morgan fingerprint density at radius 3 is 2.15 bits per heavy atom. The molecule has 0 aliphatic rings. The molecule has 0 saturated carbocycles. The Hall–Kier alpha value is -1.33. The van der Waals surface area contributed by atoms with Crippen molar-refractivity contribution in [1.82, 2.24) is 0 Å². The molecule has 0 aliphatic heterocycles. The number of halogens is 1. The van der Waals surface area contributed by atoms with Gasteiger partial charge < -0.3 is 0 Å². The second kappa shape index (κ2) is 5.58. The van der Waals surface area contributed by atoms with E-state index in [1.165, 1.54) is 0 Å². The highest BCUT2D eigenvalue weighted by Crippen LogP contribution is 2.25. The molecule has 0 spiro atoms. The van der Waals surface area contributed by atoms with Gasteiger partial charge in [0.25, 0.3) is 10.0 Å². The molecule has 0 bridgehead atoms. The summed E-state index contributed by atoms with van der Waals surface area (Å²) in [5.41, 5.74) is 3.60. The average Bonchev–Trinajstić information content (AvgIpc) is 2.34. The number of anilines is 1. The predicted molar refractivity (Wildman–Crippen MR) is 85.6 cm³/mol. The van der Waals surface area contributed by atoms with Crippen molar-refractivity contribution in [2.45, 2.75) is 25.7 Å². The minimum Gasteiger partial charge on any atom is -0.279 e. The first-order chi connectivity index (χ1) is 9.29. The van der Waals surface area contributed by atoms with E-state index < -0.39 is 10.0 Å². The molecule has 0 saturated heterocycles. The molecule has 1 N–H and O–H groups in total. The van der Waals surface area contributed by atoms with Crippen LogP contribution >= 0.6 is 15.9 Å². The van der Waals surface area contributed by atoms with Crippen LogP contribution in [0, 0.1) is 20.8 Å². The monoisotopic (exact) mass is 353 g/mol. The van der Waals surface area contributed by atoms with Crippen LogP contribution in [0.25, 0.3) is 0 Å². The molecule has 2 aromatic rings. The zero-order chi connectivity index (χ0) is 14.9. The van der Waals surface area contributed by atoms with E-state index in [9.17, 15) is 8.42 Å². The molecule has 2 aromatic carbocycles. The van der Waals surface area contributed by atoms with E-state index in [2.05, 4.69) is 20.7 Å². The summed E-state index contributed by atoms with van der Waals surface area (Å²) in [5, 5.41) is 0. The summed E-state index contributed by atoms with van der Waals surface area (Å²) < 4.78 is 28.2. The third kappa shape index (κ3) is 3.22. The van der Waals surface area contributed by atoms with Gasteiger partial charge in [0, 0.05) is 4.47 Å². The molecule has 0 aromatic heterocycles. The fourth-order valence-corrected chi connectivity index (χ4v) is 3.97. The van der Waals surface area contributed by atoms with Crippen LogP contribution in [0.1, 0.15) is 16.7 Å². The van der Waals surface area contributed by atoms with Crippen molar-refractivity contribution in [3.63, 3.8) is 0 Å². The van der Waals surface area contributed by atoms with E-state index in [1.54, 1.807) is 24.3 Å². The fraction of sp³-hybridized carbons (Fsp3) is 0.200. The standard InChI is InChI=1S/C15H16BrNO2S/c1-10-7-11(2)15(12(3)8-10)17-20(18,19)14-6-4-5-13(16)9-14/h4-9,17H,1-3H3. The number of benzene rings is 2. The van der Waals surface area contributed by atoms with Gasteiger partial charge in [-0.2, -0.15) is 0 Å². The van der Waals surface area contributed by atoms with Crippen LogP contribution in [0.3, 0.4) is 0 Å². The summed E-state index contributed by atoms with van der Waals surface area (Å²) in [6.45, 7) is 5.80. The lowest BCUT2D eigenvalue weighted by molar-refractivity contribution is 0.601. The Labute approximate surface area is 128 Å². The van der Waals surface area contributed by atoms with Crippen molar-refractivity contribution in [1.29, 1.82) is 0 Å². The van der Waals surface area contributed by atoms with Gasteiger partial charge in [-0.3, -0.25) is 4.72 Å². The summed E-state index contributed by atoms with van der Waals surface area (Å²) in [7, 11) is -3.57. The first-order valence-corrected chi connectivity index (χ1v) is 8.43. The molecule has 0 aliphatic carbocycles.